The highest BCUT2D eigenvalue weighted by molar-refractivity contribution is 7.91. The van der Waals surface area contributed by atoms with Crippen molar-refractivity contribution in [2.45, 2.75) is 12.5 Å². The zero-order valence-corrected chi connectivity index (χ0v) is 11.7. The third-order valence-electron chi connectivity index (χ3n) is 3.21. The first kappa shape index (κ1) is 15.4. The fraction of sp³-hybridized carbons (Fsp3) is 0.417. The molecule has 1 fully saturated rings. The molecule has 7 nitrogen and oxygen atoms in total. The molecule has 114 valence electrons. The quantitative estimate of drug-likeness (QED) is 0.780. The van der Waals surface area contributed by atoms with E-state index in [1.54, 1.807) is 0 Å². The molecule has 1 aliphatic rings. The number of sulfone groups is 1. The smallest absolute Gasteiger partial charge is 0.323 e. The van der Waals surface area contributed by atoms with Crippen molar-refractivity contribution < 1.29 is 27.5 Å². The van der Waals surface area contributed by atoms with Crippen molar-refractivity contribution in [2.24, 2.45) is 0 Å². The highest BCUT2D eigenvalue weighted by Gasteiger charge is 2.36. The lowest BCUT2D eigenvalue weighted by Crippen LogP contribution is -2.44. The van der Waals surface area contributed by atoms with Crippen molar-refractivity contribution in [1.29, 1.82) is 0 Å². The number of halogens is 1. The molecular weight excluding hydrogens is 303 g/mol. The van der Waals surface area contributed by atoms with E-state index in [1.165, 1.54) is 12.1 Å². The minimum absolute atomic E-state index is 0.114. The number of aromatic nitrogens is 1. The van der Waals surface area contributed by atoms with Crippen LogP contribution in [0.2, 0.25) is 0 Å². The average molecular weight is 316 g/mol. The summed E-state index contributed by atoms with van der Waals surface area (Å²) < 4.78 is 36.5. The zero-order chi connectivity index (χ0) is 15.6. The third kappa shape index (κ3) is 3.54. The fourth-order valence-corrected chi connectivity index (χ4v) is 3.96. The molecule has 1 aliphatic heterocycles. The Hall–Kier alpha value is -2.03. The molecule has 0 radical (unpaired) electrons. The number of rotatable bonds is 4. The first-order valence-corrected chi connectivity index (χ1v) is 7.96. The first-order valence-electron chi connectivity index (χ1n) is 6.14. The number of amides is 1. The van der Waals surface area contributed by atoms with Crippen LogP contribution in [0.4, 0.5) is 4.39 Å². The zero-order valence-electron chi connectivity index (χ0n) is 10.9. The molecule has 21 heavy (non-hydrogen) atoms. The number of pyridine rings is 1. The van der Waals surface area contributed by atoms with Gasteiger partial charge in [0.15, 0.2) is 9.84 Å². The Morgan fingerprint density at radius 3 is 2.71 bits per heavy atom. The summed E-state index contributed by atoms with van der Waals surface area (Å²) in [7, 11) is -3.30. The van der Waals surface area contributed by atoms with Gasteiger partial charge in [0.05, 0.1) is 17.1 Å². The molecule has 1 unspecified atom stereocenters. The molecule has 1 amide bonds. The minimum atomic E-state index is -3.30. The van der Waals surface area contributed by atoms with E-state index in [0.29, 0.717) is 0 Å². The Balaban J connectivity index is 2.30. The largest absolute Gasteiger partial charge is 0.480 e. The molecule has 0 bridgehead atoms. The monoisotopic (exact) mass is 316 g/mol. The molecule has 0 aliphatic carbocycles. The van der Waals surface area contributed by atoms with Crippen LogP contribution in [0.25, 0.3) is 0 Å². The highest BCUT2D eigenvalue weighted by Crippen LogP contribution is 2.20. The molecule has 1 atom stereocenters. The summed E-state index contributed by atoms with van der Waals surface area (Å²) in [4.78, 5) is 27.4. The van der Waals surface area contributed by atoms with Crippen molar-refractivity contribution >= 4 is 21.7 Å². The fourth-order valence-electron chi connectivity index (χ4n) is 2.23. The van der Waals surface area contributed by atoms with Crippen LogP contribution in [0, 0.1) is 5.95 Å². The summed E-state index contributed by atoms with van der Waals surface area (Å²) in [5.74, 6) is -3.61. The van der Waals surface area contributed by atoms with Crippen LogP contribution < -0.4 is 0 Å². The van der Waals surface area contributed by atoms with Gasteiger partial charge < -0.3 is 10.0 Å². The molecule has 1 aromatic heterocycles. The second-order valence-corrected chi connectivity index (χ2v) is 6.95. The summed E-state index contributed by atoms with van der Waals surface area (Å²) in [6, 6.07) is 1.77. The van der Waals surface area contributed by atoms with E-state index in [9.17, 15) is 22.4 Å². The summed E-state index contributed by atoms with van der Waals surface area (Å²) in [5, 5.41) is 8.89. The minimum Gasteiger partial charge on any atom is -0.480 e. The van der Waals surface area contributed by atoms with Crippen molar-refractivity contribution in [3.63, 3.8) is 0 Å². The highest BCUT2D eigenvalue weighted by atomic mass is 32.2. The number of carbonyl (C=O) groups excluding carboxylic acids is 1. The van der Waals surface area contributed by atoms with E-state index in [0.717, 1.165) is 11.1 Å². The lowest BCUT2D eigenvalue weighted by molar-refractivity contribution is -0.138. The van der Waals surface area contributed by atoms with Gasteiger partial charge in [-0.2, -0.15) is 4.39 Å². The maximum atomic E-state index is 13.6. The van der Waals surface area contributed by atoms with Crippen LogP contribution in [-0.4, -0.2) is 59.4 Å². The molecule has 0 aromatic carbocycles. The number of nitrogens with zero attached hydrogens (tertiary/aromatic N) is 2. The molecule has 0 spiro atoms. The maximum absolute atomic E-state index is 13.6. The number of carbonyl (C=O) groups is 2. The molecule has 2 rings (SSSR count). The van der Waals surface area contributed by atoms with Crippen molar-refractivity contribution in [2.75, 3.05) is 18.1 Å². The van der Waals surface area contributed by atoms with E-state index < -0.39 is 40.2 Å². The van der Waals surface area contributed by atoms with Crippen LogP contribution in [0.15, 0.2) is 18.3 Å². The van der Waals surface area contributed by atoms with Crippen LogP contribution in [-0.2, 0) is 14.6 Å². The Morgan fingerprint density at radius 2 is 2.19 bits per heavy atom. The normalized spacial score (nSPS) is 20.1. The van der Waals surface area contributed by atoms with Gasteiger partial charge in [-0.3, -0.25) is 9.59 Å². The molecule has 0 saturated carbocycles. The number of carboxylic acid groups (broad SMARTS) is 1. The van der Waals surface area contributed by atoms with Crippen molar-refractivity contribution in [3.05, 3.63) is 29.8 Å². The number of aliphatic carboxylic acids is 1. The molecule has 1 aromatic rings. The molecule has 9 heteroatoms. The van der Waals surface area contributed by atoms with Gasteiger partial charge in [0.25, 0.3) is 5.91 Å². The average Bonchev–Trinajstić information content (AvgIpc) is 2.76. The Kier molecular flexibility index (Phi) is 4.21. The lowest BCUT2D eigenvalue weighted by Gasteiger charge is -2.26. The van der Waals surface area contributed by atoms with Gasteiger partial charge in [0.2, 0.25) is 5.95 Å². The Labute approximate surface area is 120 Å². The third-order valence-corrected chi connectivity index (χ3v) is 4.96. The second kappa shape index (κ2) is 5.76. The summed E-state index contributed by atoms with van der Waals surface area (Å²) in [5.41, 5.74) is -0.372. The van der Waals surface area contributed by atoms with Crippen molar-refractivity contribution in [1.82, 2.24) is 9.88 Å². The lowest BCUT2D eigenvalue weighted by atomic mass is 10.1. The number of hydrogen-bond acceptors (Lipinski definition) is 5. The maximum Gasteiger partial charge on any atom is 0.323 e. The van der Waals surface area contributed by atoms with Gasteiger partial charge in [-0.05, 0) is 18.6 Å². The summed E-state index contributed by atoms with van der Waals surface area (Å²) in [6.45, 7) is -0.687. The SMILES string of the molecule is O=C(O)CN(C(=O)c1cccnc1F)C1CCS(=O)(=O)C1. The summed E-state index contributed by atoms with van der Waals surface area (Å²) >= 11 is 0. The van der Waals surface area contributed by atoms with E-state index in [1.807, 2.05) is 0 Å². The second-order valence-electron chi connectivity index (χ2n) is 4.73. The van der Waals surface area contributed by atoms with E-state index in [-0.39, 0.29) is 23.5 Å². The van der Waals surface area contributed by atoms with E-state index >= 15 is 0 Å². The van der Waals surface area contributed by atoms with E-state index in [4.69, 9.17) is 5.11 Å². The van der Waals surface area contributed by atoms with Crippen LogP contribution in [0.5, 0.6) is 0 Å². The molecule has 2 heterocycles. The standard InChI is InChI=1S/C12H13FN2O5S/c13-11-9(2-1-4-14-11)12(18)15(6-10(16)17)8-3-5-21(19,20)7-8/h1-2,4,8H,3,5-7H2,(H,16,17). The van der Waals surface area contributed by atoms with Crippen molar-refractivity contribution in [3.8, 4) is 0 Å². The molecule has 1 saturated heterocycles. The van der Waals surface area contributed by atoms with Gasteiger partial charge in [0, 0.05) is 12.2 Å². The van der Waals surface area contributed by atoms with Crippen LogP contribution in [0.3, 0.4) is 0 Å². The topological polar surface area (TPSA) is 105 Å². The van der Waals surface area contributed by atoms with Crippen LogP contribution >= 0.6 is 0 Å². The Morgan fingerprint density at radius 1 is 1.48 bits per heavy atom. The van der Waals surface area contributed by atoms with Gasteiger partial charge in [-0.1, -0.05) is 0 Å². The molecular formula is C12H13FN2O5S. The van der Waals surface area contributed by atoms with Gasteiger partial charge in [0.1, 0.15) is 6.54 Å². The first-order chi connectivity index (χ1) is 9.80. The molecule has 1 N–H and O–H groups in total. The van der Waals surface area contributed by atoms with E-state index in [2.05, 4.69) is 4.98 Å². The number of carboxylic acids is 1. The van der Waals surface area contributed by atoms with Gasteiger partial charge >= 0.3 is 5.97 Å². The Bertz CT molecular complexity index is 676. The predicted octanol–water partition coefficient (Wildman–Crippen LogP) is -0.0654. The van der Waals surface area contributed by atoms with Gasteiger partial charge in [-0.25, -0.2) is 13.4 Å². The predicted molar refractivity (Wildman–Crippen MR) is 69.9 cm³/mol. The summed E-state index contributed by atoms with van der Waals surface area (Å²) in [6.07, 6.45) is 1.30. The number of hydrogen-bond donors (Lipinski definition) is 1. The van der Waals surface area contributed by atoms with Crippen LogP contribution in [0.1, 0.15) is 16.8 Å². The van der Waals surface area contributed by atoms with Gasteiger partial charge in [-0.15, -0.1) is 0 Å².